The van der Waals surface area contributed by atoms with Gasteiger partial charge in [0, 0.05) is 13.2 Å². The molecule has 0 aromatic heterocycles. The van der Waals surface area contributed by atoms with Crippen LogP contribution in [0.1, 0.15) is 19.8 Å². The molecule has 1 atom stereocenters. The summed E-state index contributed by atoms with van der Waals surface area (Å²) < 4.78 is 39.8. The minimum Gasteiger partial charge on any atom is -0.384 e. The lowest BCUT2D eigenvalue weighted by Crippen LogP contribution is -2.28. The first kappa shape index (κ1) is 11.7. The van der Waals surface area contributed by atoms with E-state index in [2.05, 4.69) is 0 Å². The molecular weight excluding hydrogens is 173 g/mol. The van der Waals surface area contributed by atoms with Crippen LogP contribution in [0, 0.1) is 0 Å². The third-order valence-electron chi connectivity index (χ3n) is 1.35. The van der Waals surface area contributed by atoms with Gasteiger partial charge in [-0.25, -0.2) is 0 Å². The number of halogens is 3. The molecule has 0 aliphatic carbocycles. The van der Waals surface area contributed by atoms with Gasteiger partial charge in [-0.1, -0.05) is 0 Å². The topological polar surface area (TPSA) is 29.5 Å². The zero-order valence-corrected chi connectivity index (χ0v) is 6.90. The second-order valence-corrected chi connectivity index (χ2v) is 2.40. The molecule has 0 fully saturated rings. The van der Waals surface area contributed by atoms with Crippen molar-refractivity contribution in [2.24, 2.45) is 0 Å². The predicted molar refractivity (Wildman–Crippen MR) is 37.8 cm³/mol. The van der Waals surface area contributed by atoms with Gasteiger partial charge < -0.3 is 9.84 Å². The normalized spacial score (nSPS) is 14.8. The maximum absolute atomic E-state index is 11.7. The molecule has 0 bridgehead atoms. The summed E-state index contributed by atoms with van der Waals surface area (Å²) in [6, 6.07) is 0. The van der Waals surface area contributed by atoms with Crippen molar-refractivity contribution in [2.75, 3.05) is 13.2 Å². The highest BCUT2D eigenvalue weighted by Gasteiger charge is 2.37. The maximum atomic E-state index is 11.7. The van der Waals surface area contributed by atoms with Crippen molar-refractivity contribution in [1.29, 1.82) is 0 Å². The summed E-state index contributed by atoms with van der Waals surface area (Å²) in [5.74, 6) is 0. The molecule has 74 valence electrons. The Hall–Kier alpha value is -0.290. The fraction of sp³-hybridized carbons (Fsp3) is 1.00. The molecule has 0 saturated carbocycles. The van der Waals surface area contributed by atoms with E-state index < -0.39 is 12.3 Å². The van der Waals surface area contributed by atoms with E-state index in [4.69, 9.17) is 9.84 Å². The molecule has 0 aliphatic rings. The Kier molecular flexibility index (Phi) is 5.24. The Labute approximate surface area is 69.3 Å². The van der Waals surface area contributed by atoms with Crippen molar-refractivity contribution < 1.29 is 23.0 Å². The maximum Gasteiger partial charge on any atom is 0.414 e. The lowest BCUT2D eigenvalue weighted by Gasteiger charge is -2.13. The molecule has 0 aromatic rings. The Morgan fingerprint density at radius 1 is 1.42 bits per heavy atom. The molecule has 2 nitrogen and oxygen atoms in total. The quantitative estimate of drug-likeness (QED) is 0.662. The van der Waals surface area contributed by atoms with Gasteiger partial charge in [-0.2, -0.15) is 13.2 Å². The molecule has 0 spiro atoms. The molecular formula is C7H13F3O2. The zero-order valence-electron chi connectivity index (χ0n) is 6.90. The van der Waals surface area contributed by atoms with Crippen molar-refractivity contribution in [2.45, 2.75) is 32.0 Å². The summed E-state index contributed by atoms with van der Waals surface area (Å²) in [6.45, 7) is 2.52. The van der Waals surface area contributed by atoms with Crippen LogP contribution in [-0.2, 0) is 4.74 Å². The first-order chi connectivity index (χ1) is 5.48. The van der Waals surface area contributed by atoms with Gasteiger partial charge in [0.25, 0.3) is 0 Å². The Balaban J connectivity index is 3.38. The van der Waals surface area contributed by atoms with Gasteiger partial charge in [0.05, 0.1) is 0 Å². The predicted octanol–water partition coefficient (Wildman–Crippen LogP) is 1.73. The Bertz CT molecular complexity index is 114. The number of alkyl halides is 3. The average Bonchev–Trinajstić information content (AvgIpc) is 1.96. The molecule has 0 rings (SSSR count). The molecule has 0 aromatic carbocycles. The first-order valence-corrected chi connectivity index (χ1v) is 3.81. The molecule has 0 amide bonds. The molecule has 0 saturated heterocycles. The number of ether oxygens (including phenoxy) is 1. The van der Waals surface area contributed by atoms with Gasteiger partial charge in [0.15, 0.2) is 0 Å². The van der Waals surface area contributed by atoms with Crippen molar-refractivity contribution in [3.63, 3.8) is 0 Å². The largest absolute Gasteiger partial charge is 0.414 e. The van der Waals surface area contributed by atoms with Crippen molar-refractivity contribution in [3.05, 3.63) is 0 Å². The van der Waals surface area contributed by atoms with E-state index in [0.29, 0.717) is 6.61 Å². The van der Waals surface area contributed by atoms with Crippen molar-refractivity contribution in [1.82, 2.24) is 0 Å². The fourth-order valence-electron chi connectivity index (χ4n) is 0.687. The third-order valence-corrected chi connectivity index (χ3v) is 1.35. The number of rotatable bonds is 5. The molecule has 0 radical (unpaired) electrons. The van der Waals surface area contributed by atoms with E-state index in [1.807, 2.05) is 0 Å². The minimum absolute atomic E-state index is 0.231. The molecule has 5 heteroatoms. The van der Waals surface area contributed by atoms with Crippen LogP contribution in [0.3, 0.4) is 0 Å². The zero-order chi connectivity index (χ0) is 9.61. The van der Waals surface area contributed by atoms with Crippen LogP contribution in [0.15, 0.2) is 0 Å². The van der Waals surface area contributed by atoms with Gasteiger partial charge in [-0.05, 0) is 19.8 Å². The molecule has 0 aliphatic heterocycles. The molecule has 12 heavy (non-hydrogen) atoms. The average molecular weight is 186 g/mol. The number of hydrogen-bond acceptors (Lipinski definition) is 2. The second-order valence-electron chi connectivity index (χ2n) is 2.40. The summed E-state index contributed by atoms with van der Waals surface area (Å²) in [4.78, 5) is 0. The smallest absolute Gasteiger partial charge is 0.384 e. The SMILES string of the molecule is CCOCCC[C@@H](O)C(F)(F)F. The van der Waals surface area contributed by atoms with Gasteiger partial charge in [0.2, 0.25) is 0 Å². The van der Waals surface area contributed by atoms with Gasteiger partial charge >= 0.3 is 6.18 Å². The van der Waals surface area contributed by atoms with Crippen LogP contribution < -0.4 is 0 Å². The van der Waals surface area contributed by atoms with E-state index in [1.165, 1.54) is 0 Å². The summed E-state index contributed by atoms with van der Waals surface area (Å²) in [7, 11) is 0. The molecule has 1 N–H and O–H groups in total. The van der Waals surface area contributed by atoms with Crippen LogP contribution >= 0.6 is 0 Å². The minimum atomic E-state index is -4.49. The monoisotopic (exact) mass is 186 g/mol. The lowest BCUT2D eigenvalue weighted by atomic mass is 10.2. The highest BCUT2D eigenvalue weighted by Crippen LogP contribution is 2.22. The third kappa shape index (κ3) is 5.37. The lowest BCUT2D eigenvalue weighted by molar-refractivity contribution is -0.206. The van der Waals surface area contributed by atoms with E-state index in [-0.39, 0.29) is 19.4 Å². The fourth-order valence-corrected chi connectivity index (χ4v) is 0.687. The Morgan fingerprint density at radius 3 is 2.42 bits per heavy atom. The highest BCUT2D eigenvalue weighted by molar-refractivity contribution is 4.64. The number of hydrogen-bond donors (Lipinski definition) is 1. The van der Waals surface area contributed by atoms with E-state index in [1.54, 1.807) is 6.92 Å². The van der Waals surface area contributed by atoms with Gasteiger partial charge in [-0.3, -0.25) is 0 Å². The van der Waals surface area contributed by atoms with Crippen LogP contribution in [0.2, 0.25) is 0 Å². The van der Waals surface area contributed by atoms with Crippen molar-refractivity contribution >= 4 is 0 Å². The van der Waals surface area contributed by atoms with E-state index in [9.17, 15) is 13.2 Å². The van der Waals surface area contributed by atoms with Crippen LogP contribution in [0.25, 0.3) is 0 Å². The van der Waals surface area contributed by atoms with Crippen LogP contribution in [-0.4, -0.2) is 30.6 Å². The highest BCUT2D eigenvalue weighted by atomic mass is 19.4. The van der Waals surface area contributed by atoms with Gasteiger partial charge in [0.1, 0.15) is 6.10 Å². The second kappa shape index (κ2) is 5.37. The van der Waals surface area contributed by atoms with E-state index >= 15 is 0 Å². The van der Waals surface area contributed by atoms with Crippen LogP contribution in [0.5, 0.6) is 0 Å². The standard InChI is InChI=1S/C7H13F3O2/c1-2-12-5-3-4-6(11)7(8,9)10/h6,11H,2-5H2,1H3/t6-/m1/s1. The molecule has 0 heterocycles. The first-order valence-electron chi connectivity index (χ1n) is 3.81. The summed E-state index contributed by atoms with van der Waals surface area (Å²) in [5.41, 5.74) is 0. The summed E-state index contributed by atoms with van der Waals surface area (Å²) >= 11 is 0. The summed E-state index contributed by atoms with van der Waals surface area (Å²) in [5, 5.41) is 8.50. The number of aliphatic hydroxyl groups excluding tert-OH is 1. The van der Waals surface area contributed by atoms with E-state index in [0.717, 1.165) is 0 Å². The van der Waals surface area contributed by atoms with Gasteiger partial charge in [-0.15, -0.1) is 0 Å². The molecule has 0 unspecified atom stereocenters. The Morgan fingerprint density at radius 2 is 2.00 bits per heavy atom. The van der Waals surface area contributed by atoms with Crippen molar-refractivity contribution in [3.8, 4) is 0 Å². The summed E-state index contributed by atoms with van der Waals surface area (Å²) in [6.07, 6.45) is -6.76. The number of aliphatic hydroxyl groups is 1. The van der Waals surface area contributed by atoms with Crippen LogP contribution in [0.4, 0.5) is 13.2 Å².